The fourth-order valence-electron chi connectivity index (χ4n) is 1.70. The molecule has 8 heteroatoms. The standard InChI is InChI=1S/C9H14N2O4S2/c1-6-8(16-9(13)10-6)17(14,15)11(4-5-12)7-2-3-7/h7,12H,2-5H2,1H3,(H,10,13). The van der Waals surface area contributed by atoms with Crippen LogP contribution in [0.5, 0.6) is 0 Å². The molecule has 1 aliphatic carbocycles. The predicted octanol–water partition coefficient (Wildman–Crippen LogP) is -0.110. The highest BCUT2D eigenvalue weighted by atomic mass is 32.2. The normalized spacial score (nSPS) is 16.6. The largest absolute Gasteiger partial charge is 0.395 e. The second kappa shape index (κ2) is 4.52. The van der Waals surface area contributed by atoms with Gasteiger partial charge in [-0.15, -0.1) is 0 Å². The molecule has 6 nitrogen and oxygen atoms in total. The Kier molecular flexibility index (Phi) is 3.39. The van der Waals surface area contributed by atoms with Crippen LogP contribution >= 0.6 is 11.3 Å². The number of thiazole rings is 1. The SMILES string of the molecule is Cc1[nH]c(=O)sc1S(=O)(=O)N(CCO)C1CC1. The number of aliphatic hydroxyl groups excluding tert-OH is 1. The minimum absolute atomic E-state index is 0.0243. The molecule has 1 saturated carbocycles. The molecule has 96 valence electrons. The number of nitrogens with one attached hydrogen (secondary N) is 1. The Morgan fingerprint density at radius 1 is 1.53 bits per heavy atom. The van der Waals surface area contributed by atoms with Gasteiger partial charge in [0.2, 0.25) is 0 Å². The first kappa shape index (κ1) is 12.7. The Bertz CT molecular complexity index is 556. The van der Waals surface area contributed by atoms with E-state index in [1.54, 1.807) is 6.92 Å². The lowest BCUT2D eigenvalue weighted by Gasteiger charge is -2.19. The van der Waals surface area contributed by atoms with Crippen molar-refractivity contribution in [3.63, 3.8) is 0 Å². The summed E-state index contributed by atoms with van der Waals surface area (Å²) in [6.45, 7) is 1.43. The summed E-state index contributed by atoms with van der Waals surface area (Å²) in [5.41, 5.74) is 0.364. The van der Waals surface area contributed by atoms with Gasteiger partial charge in [-0.2, -0.15) is 4.31 Å². The van der Waals surface area contributed by atoms with E-state index in [1.807, 2.05) is 0 Å². The molecule has 0 aliphatic heterocycles. The minimum atomic E-state index is -3.65. The number of aromatic nitrogens is 1. The van der Waals surface area contributed by atoms with Crippen molar-refractivity contribution < 1.29 is 13.5 Å². The Morgan fingerprint density at radius 2 is 2.18 bits per heavy atom. The van der Waals surface area contributed by atoms with E-state index in [2.05, 4.69) is 4.98 Å². The van der Waals surface area contributed by atoms with Crippen LogP contribution in [-0.2, 0) is 10.0 Å². The molecule has 2 N–H and O–H groups in total. The fourth-order valence-corrected chi connectivity index (χ4v) is 4.79. The third-order valence-corrected chi connectivity index (χ3v) is 6.13. The summed E-state index contributed by atoms with van der Waals surface area (Å²) in [5.74, 6) is 0. The van der Waals surface area contributed by atoms with Gasteiger partial charge in [0, 0.05) is 18.3 Å². The zero-order valence-electron chi connectivity index (χ0n) is 9.34. The van der Waals surface area contributed by atoms with Crippen molar-refractivity contribution in [2.24, 2.45) is 0 Å². The van der Waals surface area contributed by atoms with Crippen molar-refractivity contribution in [2.75, 3.05) is 13.2 Å². The van der Waals surface area contributed by atoms with Crippen molar-refractivity contribution in [1.82, 2.24) is 9.29 Å². The lowest BCUT2D eigenvalue weighted by Crippen LogP contribution is -2.35. The third-order valence-electron chi connectivity index (χ3n) is 2.60. The van der Waals surface area contributed by atoms with Crippen molar-refractivity contribution in [3.05, 3.63) is 15.4 Å². The molecule has 0 spiro atoms. The van der Waals surface area contributed by atoms with Crippen LogP contribution in [0.3, 0.4) is 0 Å². The number of aromatic amines is 1. The maximum atomic E-state index is 12.3. The lowest BCUT2D eigenvalue weighted by molar-refractivity contribution is 0.250. The molecule has 1 aromatic heterocycles. The number of hydrogen-bond donors (Lipinski definition) is 2. The van der Waals surface area contributed by atoms with Crippen LogP contribution in [0.25, 0.3) is 0 Å². The Morgan fingerprint density at radius 3 is 2.59 bits per heavy atom. The first-order valence-corrected chi connectivity index (χ1v) is 7.55. The monoisotopic (exact) mass is 278 g/mol. The third kappa shape index (κ3) is 2.44. The van der Waals surface area contributed by atoms with E-state index in [0.717, 1.165) is 12.8 Å². The molecule has 1 aliphatic rings. The van der Waals surface area contributed by atoms with Crippen LogP contribution in [0, 0.1) is 6.92 Å². The van der Waals surface area contributed by atoms with E-state index in [1.165, 1.54) is 4.31 Å². The summed E-state index contributed by atoms with van der Waals surface area (Å²) in [7, 11) is -3.65. The molecule has 2 rings (SSSR count). The van der Waals surface area contributed by atoms with E-state index >= 15 is 0 Å². The average molecular weight is 278 g/mol. The summed E-state index contributed by atoms with van der Waals surface area (Å²) in [5, 5.41) is 8.93. The molecule has 1 heterocycles. The molecular formula is C9H14N2O4S2. The van der Waals surface area contributed by atoms with E-state index < -0.39 is 10.0 Å². The Hall–Kier alpha value is -0.700. The van der Waals surface area contributed by atoms with Gasteiger partial charge in [-0.25, -0.2) is 8.42 Å². The van der Waals surface area contributed by atoms with Gasteiger partial charge in [0.1, 0.15) is 0 Å². The maximum absolute atomic E-state index is 12.3. The molecule has 0 aromatic carbocycles. The van der Waals surface area contributed by atoms with Gasteiger partial charge in [-0.1, -0.05) is 11.3 Å². The highest BCUT2D eigenvalue weighted by molar-refractivity contribution is 7.91. The van der Waals surface area contributed by atoms with E-state index in [0.29, 0.717) is 17.0 Å². The molecule has 17 heavy (non-hydrogen) atoms. The molecule has 0 amide bonds. The van der Waals surface area contributed by atoms with Crippen LogP contribution < -0.4 is 4.87 Å². The summed E-state index contributed by atoms with van der Waals surface area (Å²) >= 11 is 0.698. The zero-order chi connectivity index (χ0) is 12.6. The lowest BCUT2D eigenvalue weighted by atomic mass is 10.6. The molecule has 0 saturated heterocycles. The van der Waals surface area contributed by atoms with Gasteiger partial charge in [-0.3, -0.25) is 4.79 Å². The van der Waals surface area contributed by atoms with Crippen molar-refractivity contribution in [3.8, 4) is 0 Å². The highest BCUT2D eigenvalue weighted by Crippen LogP contribution is 2.33. The number of aryl methyl sites for hydroxylation is 1. The van der Waals surface area contributed by atoms with E-state index in [9.17, 15) is 13.2 Å². The van der Waals surface area contributed by atoms with Crippen LogP contribution in [-0.4, -0.2) is 42.0 Å². The molecule has 1 aromatic rings. The van der Waals surface area contributed by atoms with Gasteiger partial charge in [0.25, 0.3) is 10.0 Å². The molecule has 0 radical (unpaired) electrons. The summed E-state index contributed by atoms with van der Waals surface area (Å²) < 4.78 is 26.0. The van der Waals surface area contributed by atoms with E-state index in [4.69, 9.17) is 5.11 Å². The van der Waals surface area contributed by atoms with Gasteiger partial charge >= 0.3 is 4.87 Å². The van der Waals surface area contributed by atoms with Crippen LogP contribution in [0.2, 0.25) is 0 Å². The molecule has 0 unspecified atom stereocenters. The topological polar surface area (TPSA) is 90.5 Å². The summed E-state index contributed by atoms with van der Waals surface area (Å²) in [4.78, 5) is 13.2. The number of hydrogen-bond acceptors (Lipinski definition) is 5. The second-order valence-electron chi connectivity index (χ2n) is 4.00. The quantitative estimate of drug-likeness (QED) is 0.786. The molecule has 1 fully saturated rings. The first-order chi connectivity index (χ1) is 7.96. The number of nitrogens with zero attached hydrogens (tertiary/aromatic N) is 1. The molecule has 0 atom stereocenters. The molecular weight excluding hydrogens is 264 g/mol. The number of aliphatic hydroxyl groups is 1. The van der Waals surface area contributed by atoms with Crippen LogP contribution in [0.1, 0.15) is 18.5 Å². The van der Waals surface area contributed by atoms with Gasteiger partial charge < -0.3 is 10.1 Å². The van der Waals surface area contributed by atoms with Crippen molar-refractivity contribution >= 4 is 21.4 Å². The van der Waals surface area contributed by atoms with Gasteiger partial charge in [-0.05, 0) is 19.8 Å². The van der Waals surface area contributed by atoms with Gasteiger partial charge in [0.15, 0.2) is 4.21 Å². The van der Waals surface area contributed by atoms with Crippen LogP contribution in [0.15, 0.2) is 9.00 Å². The second-order valence-corrected chi connectivity index (χ2v) is 7.07. The summed E-state index contributed by atoms with van der Waals surface area (Å²) in [6.07, 6.45) is 1.63. The number of sulfonamides is 1. The Labute approximate surface area is 103 Å². The van der Waals surface area contributed by atoms with Crippen molar-refractivity contribution in [1.29, 1.82) is 0 Å². The predicted molar refractivity (Wildman–Crippen MR) is 63.7 cm³/mol. The van der Waals surface area contributed by atoms with E-state index in [-0.39, 0.29) is 28.3 Å². The number of rotatable bonds is 5. The van der Waals surface area contributed by atoms with Gasteiger partial charge in [0.05, 0.1) is 6.61 Å². The highest BCUT2D eigenvalue weighted by Gasteiger charge is 2.39. The average Bonchev–Trinajstić information content (AvgIpc) is 3.00. The zero-order valence-corrected chi connectivity index (χ0v) is 11.0. The maximum Gasteiger partial charge on any atom is 0.305 e. The minimum Gasteiger partial charge on any atom is -0.395 e. The summed E-state index contributed by atoms with van der Waals surface area (Å²) in [6, 6.07) is -0.0243. The molecule has 0 bridgehead atoms. The fraction of sp³-hybridized carbons (Fsp3) is 0.667. The van der Waals surface area contributed by atoms with Crippen molar-refractivity contribution in [2.45, 2.75) is 30.0 Å². The first-order valence-electron chi connectivity index (χ1n) is 5.29. The number of H-pyrrole nitrogens is 1. The smallest absolute Gasteiger partial charge is 0.305 e. The van der Waals surface area contributed by atoms with Crippen LogP contribution in [0.4, 0.5) is 0 Å². The Balaban J connectivity index is 2.40.